The molecule has 1 aromatic rings. The standard InChI is InChI=1S/C10H8O7S/c1-2-15-18(13,14)17-6-3-4-7-8(5-6)10(12)16-9(7)11/h3-5H,2H2,1H3. The van der Waals surface area contributed by atoms with Crippen LogP contribution in [0.5, 0.6) is 5.75 Å². The van der Waals surface area contributed by atoms with Gasteiger partial charge in [-0.15, -0.1) is 0 Å². The minimum absolute atomic E-state index is 0.0378. The van der Waals surface area contributed by atoms with Crippen molar-refractivity contribution in [2.75, 3.05) is 6.61 Å². The summed E-state index contributed by atoms with van der Waals surface area (Å²) in [6.07, 6.45) is 0. The van der Waals surface area contributed by atoms with Crippen molar-refractivity contribution in [3.63, 3.8) is 0 Å². The summed E-state index contributed by atoms with van der Waals surface area (Å²) >= 11 is 0. The van der Waals surface area contributed by atoms with Gasteiger partial charge in [0.15, 0.2) is 0 Å². The maximum Gasteiger partial charge on any atom is 0.449 e. The van der Waals surface area contributed by atoms with Crippen molar-refractivity contribution in [3.05, 3.63) is 29.3 Å². The second-order valence-corrected chi connectivity index (χ2v) is 4.50. The predicted octanol–water partition coefficient (Wildman–Crippen LogP) is 0.657. The molecule has 0 unspecified atom stereocenters. The summed E-state index contributed by atoms with van der Waals surface area (Å²) in [6.45, 7) is 1.41. The molecule has 0 radical (unpaired) electrons. The van der Waals surface area contributed by atoms with E-state index in [1.54, 1.807) is 0 Å². The Bertz CT molecular complexity index is 617. The van der Waals surface area contributed by atoms with Crippen molar-refractivity contribution < 1.29 is 31.1 Å². The Hall–Kier alpha value is -1.93. The third kappa shape index (κ3) is 2.34. The lowest BCUT2D eigenvalue weighted by Gasteiger charge is -2.05. The number of hydrogen-bond acceptors (Lipinski definition) is 7. The maximum atomic E-state index is 11.2. The minimum Gasteiger partial charge on any atom is -0.386 e. The van der Waals surface area contributed by atoms with Crippen LogP contribution in [0.25, 0.3) is 0 Å². The highest BCUT2D eigenvalue weighted by Crippen LogP contribution is 2.25. The number of fused-ring (bicyclic) bond motifs is 1. The average molecular weight is 272 g/mol. The number of carbonyl (C=O) groups excluding carboxylic acids is 2. The van der Waals surface area contributed by atoms with Gasteiger partial charge < -0.3 is 8.92 Å². The highest BCUT2D eigenvalue weighted by Gasteiger charge is 2.30. The molecule has 1 aliphatic rings. The Kier molecular flexibility index (Phi) is 3.05. The van der Waals surface area contributed by atoms with Crippen molar-refractivity contribution in [2.24, 2.45) is 0 Å². The molecule has 2 rings (SSSR count). The zero-order valence-corrected chi connectivity index (χ0v) is 10.0. The summed E-state index contributed by atoms with van der Waals surface area (Å²) in [7, 11) is -4.17. The Labute approximate surface area is 103 Å². The van der Waals surface area contributed by atoms with Crippen LogP contribution in [0, 0.1) is 0 Å². The van der Waals surface area contributed by atoms with Gasteiger partial charge in [0.25, 0.3) is 0 Å². The largest absolute Gasteiger partial charge is 0.449 e. The van der Waals surface area contributed by atoms with Gasteiger partial charge in [0.05, 0.1) is 17.7 Å². The molecule has 0 amide bonds. The number of hydrogen-bond donors (Lipinski definition) is 0. The quantitative estimate of drug-likeness (QED) is 0.586. The van der Waals surface area contributed by atoms with E-state index in [0.717, 1.165) is 6.07 Å². The van der Waals surface area contributed by atoms with Crippen LogP contribution in [0.2, 0.25) is 0 Å². The number of benzene rings is 1. The highest BCUT2D eigenvalue weighted by molar-refractivity contribution is 7.82. The molecule has 18 heavy (non-hydrogen) atoms. The molecule has 0 fully saturated rings. The van der Waals surface area contributed by atoms with Gasteiger partial charge in [0, 0.05) is 0 Å². The first-order chi connectivity index (χ1) is 8.43. The van der Waals surface area contributed by atoms with Gasteiger partial charge in [-0.2, -0.15) is 8.42 Å². The number of esters is 2. The second kappa shape index (κ2) is 4.39. The number of rotatable bonds is 4. The van der Waals surface area contributed by atoms with Crippen molar-refractivity contribution in [2.45, 2.75) is 6.92 Å². The van der Waals surface area contributed by atoms with Gasteiger partial charge in [-0.3, -0.25) is 0 Å². The molecule has 7 nitrogen and oxygen atoms in total. The summed E-state index contributed by atoms with van der Waals surface area (Å²) in [5, 5.41) is 0. The summed E-state index contributed by atoms with van der Waals surface area (Å²) in [6, 6.07) is 3.59. The van der Waals surface area contributed by atoms with Crippen molar-refractivity contribution in [1.29, 1.82) is 0 Å². The first-order valence-corrected chi connectivity index (χ1v) is 6.25. The normalized spacial score (nSPS) is 14.3. The Morgan fingerprint density at radius 2 is 1.83 bits per heavy atom. The Morgan fingerprint density at radius 3 is 2.50 bits per heavy atom. The van der Waals surface area contributed by atoms with E-state index in [-0.39, 0.29) is 23.5 Å². The van der Waals surface area contributed by atoms with Crippen molar-refractivity contribution in [1.82, 2.24) is 0 Å². The molecule has 8 heteroatoms. The van der Waals surface area contributed by atoms with Gasteiger partial charge in [-0.25, -0.2) is 13.8 Å². The lowest BCUT2D eigenvalue weighted by atomic mass is 10.1. The molecular weight excluding hydrogens is 264 g/mol. The molecule has 0 bridgehead atoms. The first-order valence-electron chi connectivity index (χ1n) is 4.92. The van der Waals surface area contributed by atoms with E-state index in [9.17, 15) is 18.0 Å². The van der Waals surface area contributed by atoms with E-state index in [2.05, 4.69) is 13.1 Å². The van der Waals surface area contributed by atoms with E-state index in [1.165, 1.54) is 19.1 Å². The molecule has 0 saturated heterocycles. The van der Waals surface area contributed by atoms with E-state index < -0.39 is 22.3 Å². The maximum absolute atomic E-state index is 11.2. The lowest BCUT2D eigenvalue weighted by molar-refractivity contribution is 0.0443. The summed E-state index contributed by atoms with van der Waals surface area (Å²) in [4.78, 5) is 22.4. The average Bonchev–Trinajstić information content (AvgIpc) is 2.53. The Balaban J connectivity index is 2.31. The summed E-state index contributed by atoms with van der Waals surface area (Å²) in [5.74, 6) is -1.74. The van der Waals surface area contributed by atoms with Crippen LogP contribution in [0.15, 0.2) is 18.2 Å². The third-order valence-electron chi connectivity index (χ3n) is 2.08. The van der Waals surface area contributed by atoms with Crippen LogP contribution in [0.1, 0.15) is 27.6 Å². The summed E-state index contributed by atoms with van der Waals surface area (Å²) in [5.41, 5.74) is 0.0327. The molecule has 1 aromatic carbocycles. The zero-order valence-electron chi connectivity index (χ0n) is 9.21. The van der Waals surface area contributed by atoms with Crippen LogP contribution in [-0.2, 0) is 19.3 Å². The first kappa shape index (κ1) is 12.5. The topological polar surface area (TPSA) is 96.0 Å². The molecule has 0 spiro atoms. The fraction of sp³-hybridized carbons (Fsp3) is 0.200. The molecule has 1 aliphatic heterocycles. The second-order valence-electron chi connectivity index (χ2n) is 3.28. The predicted molar refractivity (Wildman–Crippen MR) is 57.4 cm³/mol. The molecule has 1 heterocycles. The van der Waals surface area contributed by atoms with Gasteiger partial charge in [0.2, 0.25) is 0 Å². The van der Waals surface area contributed by atoms with Crippen LogP contribution in [0.3, 0.4) is 0 Å². The van der Waals surface area contributed by atoms with E-state index in [4.69, 9.17) is 0 Å². The Morgan fingerprint density at radius 1 is 1.17 bits per heavy atom. The molecule has 96 valence electrons. The van der Waals surface area contributed by atoms with Crippen LogP contribution >= 0.6 is 0 Å². The fourth-order valence-electron chi connectivity index (χ4n) is 1.40. The van der Waals surface area contributed by atoms with E-state index in [1.807, 2.05) is 0 Å². The van der Waals surface area contributed by atoms with Crippen LogP contribution < -0.4 is 4.18 Å². The number of cyclic esters (lactones) is 2. The number of ether oxygens (including phenoxy) is 1. The van der Waals surface area contributed by atoms with Gasteiger partial charge in [0.1, 0.15) is 5.75 Å². The van der Waals surface area contributed by atoms with E-state index in [0.29, 0.717) is 0 Å². The monoisotopic (exact) mass is 272 g/mol. The zero-order chi connectivity index (χ0) is 13.3. The smallest absolute Gasteiger partial charge is 0.386 e. The van der Waals surface area contributed by atoms with Crippen LogP contribution in [0.4, 0.5) is 0 Å². The van der Waals surface area contributed by atoms with Gasteiger partial charge in [-0.1, -0.05) is 0 Å². The van der Waals surface area contributed by atoms with E-state index >= 15 is 0 Å². The lowest BCUT2D eigenvalue weighted by Crippen LogP contribution is -2.13. The molecule has 0 atom stereocenters. The SMILES string of the molecule is CCOS(=O)(=O)Oc1ccc2c(c1)C(=O)OC2=O. The molecule has 0 N–H and O–H groups in total. The van der Waals surface area contributed by atoms with Gasteiger partial charge >= 0.3 is 22.3 Å². The van der Waals surface area contributed by atoms with Crippen molar-refractivity contribution in [3.8, 4) is 5.75 Å². The molecule has 0 saturated carbocycles. The van der Waals surface area contributed by atoms with Gasteiger partial charge in [-0.05, 0) is 25.1 Å². The minimum atomic E-state index is -4.17. The molecule has 0 aromatic heterocycles. The number of carbonyl (C=O) groups is 2. The highest BCUT2D eigenvalue weighted by atomic mass is 32.3. The van der Waals surface area contributed by atoms with Crippen molar-refractivity contribution >= 4 is 22.3 Å². The fourth-order valence-corrected chi connectivity index (χ4v) is 2.08. The molecular formula is C10H8O7S. The third-order valence-corrected chi connectivity index (χ3v) is 3.00. The van der Waals surface area contributed by atoms with Crippen LogP contribution in [-0.4, -0.2) is 27.0 Å². The summed E-state index contributed by atoms with van der Waals surface area (Å²) < 4.78 is 35.7. The molecule has 0 aliphatic carbocycles.